The van der Waals surface area contributed by atoms with Crippen LogP contribution in [-0.2, 0) is 10.5 Å². The third-order valence-electron chi connectivity index (χ3n) is 4.45. The van der Waals surface area contributed by atoms with E-state index < -0.39 is 0 Å². The molecular formula is C22H25N3OS. The van der Waals surface area contributed by atoms with Crippen LogP contribution in [0.3, 0.4) is 0 Å². The minimum atomic E-state index is -0.122. The summed E-state index contributed by atoms with van der Waals surface area (Å²) in [6, 6.07) is 20.2. The summed E-state index contributed by atoms with van der Waals surface area (Å²) in [6.45, 7) is 4.00. The van der Waals surface area contributed by atoms with E-state index in [4.69, 9.17) is 0 Å². The average molecular weight is 380 g/mol. The number of nitrogens with zero attached hydrogens (tertiary/aromatic N) is 1. The van der Waals surface area contributed by atoms with Crippen LogP contribution in [0.4, 0.5) is 0 Å². The number of carbonyl (C=O) groups is 1. The van der Waals surface area contributed by atoms with Crippen LogP contribution in [0.15, 0.2) is 66.9 Å². The first kappa shape index (κ1) is 19.2. The molecule has 0 saturated heterocycles. The number of carbonyl (C=O) groups excluding carboxylic acids is 1. The first-order valence-electron chi connectivity index (χ1n) is 9.23. The second-order valence-corrected chi connectivity index (χ2v) is 7.79. The standard InChI is InChI=1S/C22H25N3OS/c1-3-19(21-23-14-20(24-21)18-12-8-5-9-13-18)25-22(26)16(2)27-15-17-10-6-4-7-11-17/h4-14,16,19H,3,15H2,1-2H3,(H,23,24)(H,25,26). The van der Waals surface area contributed by atoms with Crippen molar-refractivity contribution in [2.24, 2.45) is 0 Å². The lowest BCUT2D eigenvalue weighted by Crippen LogP contribution is -2.34. The molecule has 2 unspecified atom stereocenters. The van der Waals surface area contributed by atoms with Gasteiger partial charge in [-0.15, -0.1) is 11.8 Å². The van der Waals surface area contributed by atoms with E-state index in [2.05, 4.69) is 34.3 Å². The number of amides is 1. The van der Waals surface area contributed by atoms with E-state index in [1.807, 2.05) is 61.7 Å². The van der Waals surface area contributed by atoms with Gasteiger partial charge in [0.15, 0.2) is 0 Å². The van der Waals surface area contributed by atoms with Gasteiger partial charge in [-0.1, -0.05) is 67.6 Å². The highest BCUT2D eigenvalue weighted by molar-refractivity contribution is 7.99. The van der Waals surface area contributed by atoms with Gasteiger partial charge in [-0.25, -0.2) is 4.98 Å². The Morgan fingerprint density at radius 2 is 1.78 bits per heavy atom. The van der Waals surface area contributed by atoms with Crippen molar-refractivity contribution in [1.82, 2.24) is 15.3 Å². The molecule has 2 N–H and O–H groups in total. The van der Waals surface area contributed by atoms with Crippen molar-refractivity contribution in [3.63, 3.8) is 0 Å². The number of hydrogen-bond donors (Lipinski definition) is 2. The summed E-state index contributed by atoms with van der Waals surface area (Å²) >= 11 is 1.64. The Kier molecular flexibility index (Phi) is 6.71. The fourth-order valence-electron chi connectivity index (χ4n) is 2.80. The molecule has 2 atom stereocenters. The molecule has 0 aliphatic heterocycles. The SMILES string of the molecule is CCC(NC(=O)C(C)SCc1ccccc1)c1ncc(-c2ccccc2)[nH]1. The lowest BCUT2D eigenvalue weighted by atomic mass is 10.2. The van der Waals surface area contributed by atoms with Crippen LogP contribution < -0.4 is 5.32 Å². The second kappa shape index (κ2) is 9.42. The summed E-state index contributed by atoms with van der Waals surface area (Å²) in [4.78, 5) is 20.5. The molecule has 0 bridgehead atoms. The Labute approximate surface area is 164 Å². The molecule has 1 heterocycles. The monoisotopic (exact) mass is 379 g/mol. The van der Waals surface area contributed by atoms with Crippen LogP contribution in [0.25, 0.3) is 11.3 Å². The van der Waals surface area contributed by atoms with Gasteiger partial charge in [-0.05, 0) is 24.5 Å². The van der Waals surface area contributed by atoms with Crippen molar-refractivity contribution in [2.75, 3.05) is 0 Å². The molecule has 0 radical (unpaired) electrons. The highest BCUT2D eigenvalue weighted by atomic mass is 32.2. The number of imidazole rings is 1. The number of aromatic nitrogens is 2. The number of aromatic amines is 1. The van der Waals surface area contributed by atoms with Gasteiger partial charge < -0.3 is 10.3 Å². The summed E-state index contributed by atoms with van der Waals surface area (Å²) in [5.41, 5.74) is 3.28. The fraction of sp³-hybridized carbons (Fsp3) is 0.273. The van der Waals surface area contributed by atoms with E-state index in [1.54, 1.807) is 11.8 Å². The van der Waals surface area contributed by atoms with Gasteiger partial charge >= 0.3 is 0 Å². The first-order chi connectivity index (χ1) is 13.2. The Hall–Kier alpha value is -2.53. The van der Waals surface area contributed by atoms with Gasteiger partial charge in [0.05, 0.1) is 23.2 Å². The molecule has 0 fully saturated rings. The molecule has 140 valence electrons. The van der Waals surface area contributed by atoms with Crippen molar-refractivity contribution < 1.29 is 4.79 Å². The molecule has 2 aromatic carbocycles. The summed E-state index contributed by atoms with van der Waals surface area (Å²) in [5, 5.41) is 3.01. The Morgan fingerprint density at radius 3 is 2.44 bits per heavy atom. The molecule has 0 saturated carbocycles. The lowest BCUT2D eigenvalue weighted by Gasteiger charge is -2.18. The Balaban J connectivity index is 1.59. The smallest absolute Gasteiger partial charge is 0.233 e. The molecular weight excluding hydrogens is 354 g/mol. The topological polar surface area (TPSA) is 57.8 Å². The lowest BCUT2D eigenvalue weighted by molar-refractivity contribution is -0.121. The van der Waals surface area contributed by atoms with Gasteiger partial charge in [0, 0.05) is 5.75 Å². The largest absolute Gasteiger partial charge is 0.345 e. The summed E-state index contributed by atoms with van der Waals surface area (Å²) < 4.78 is 0. The van der Waals surface area contributed by atoms with E-state index in [0.717, 1.165) is 29.3 Å². The molecule has 3 aromatic rings. The molecule has 5 heteroatoms. The van der Waals surface area contributed by atoms with Crippen LogP contribution in [-0.4, -0.2) is 21.1 Å². The van der Waals surface area contributed by atoms with Crippen molar-refractivity contribution in [2.45, 2.75) is 37.3 Å². The van der Waals surface area contributed by atoms with Crippen LogP contribution in [0, 0.1) is 0 Å². The van der Waals surface area contributed by atoms with E-state index in [1.165, 1.54) is 5.56 Å². The third kappa shape index (κ3) is 5.23. The van der Waals surface area contributed by atoms with Gasteiger partial charge in [-0.2, -0.15) is 0 Å². The first-order valence-corrected chi connectivity index (χ1v) is 10.3. The number of rotatable bonds is 8. The molecule has 1 aromatic heterocycles. The molecule has 0 aliphatic carbocycles. The molecule has 27 heavy (non-hydrogen) atoms. The van der Waals surface area contributed by atoms with Gasteiger partial charge in [0.2, 0.25) is 5.91 Å². The Bertz CT molecular complexity index is 848. The summed E-state index contributed by atoms with van der Waals surface area (Å²) in [7, 11) is 0. The second-order valence-electron chi connectivity index (χ2n) is 6.46. The maximum Gasteiger partial charge on any atom is 0.233 e. The molecule has 0 aliphatic rings. The maximum absolute atomic E-state index is 12.6. The zero-order chi connectivity index (χ0) is 19.1. The van der Waals surface area contributed by atoms with Crippen molar-refractivity contribution >= 4 is 17.7 Å². The zero-order valence-corrected chi connectivity index (χ0v) is 16.5. The molecule has 4 nitrogen and oxygen atoms in total. The van der Waals surface area contributed by atoms with E-state index >= 15 is 0 Å². The summed E-state index contributed by atoms with van der Waals surface area (Å²) in [5.74, 6) is 1.66. The van der Waals surface area contributed by atoms with E-state index in [-0.39, 0.29) is 17.2 Å². The third-order valence-corrected chi connectivity index (χ3v) is 5.66. The highest BCUT2D eigenvalue weighted by Gasteiger charge is 2.20. The maximum atomic E-state index is 12.6. The number of H-pyrrole nitrogens is 1. The minimum Gasteiger partial charge on any atom is -0.345 e. The predicted molar refractivity (Wildman–Crippen MR) is 112 cm³/mol. The average Bonchev–Trinajstić information content (AvgIpc) is 3.21. The van der Waals surface area contributed by atoms with Crippen LogP contribution >= 0.6 is 11.8 Å². The molecule has 3 rings (SSSR count). The highest BCUT2D eigenvalue weighted by Crippen LogP contribution is 2.22. The predicted octanol–water partition coefficient (Wildman–Crippen LogP) is 4.97. The van der Waals surface area contributed by atoms with Gasteiger partial charge in [0.1, 0.15) is 5.82 Å². The minimum absolute atomic E-state index is 0.0421. The quantitative estimate of drug-likeness (QED) is 0.581. The van der Waals surface area contributed by atoms with Crippen LogP contribution in [0.2, 0.25) is 0 Å². The van der Waals surface area contributed by atoms with Crippen molar-refractivity contribution in [3.05, 3.63) is 78.2 Å². The van der Waals surface area contributed by atoms with E-state index in [9.17, 15) is 4.79 Å². The van der Waals surface area contributed by atoms with Crippen LogP contribution in [0.5, 0.6) is 0 Å². The summed E-state index contributed by atoms with van der Waals surface area (Å²) in [6.07, 6.45) is 2.61. The fourth-order valence-corrected chi connectivity index (χ4v) is 3.66. The normalized spacial score (nSPS) is 13.1. The Morgan fingerprint density at radius 1 is 1.11 bits per heavy atom. The van der Waals surface area contributed by atoms with Gasteiger partial charge in [-0.3, -0.25) is 4.79 Å². The number of hydrogen-bond acceptors (Lipinski definition) is 3. The van der Waals surface area contributed by atoms with Crippen molar-refractivity contribution in [3.8, 4) is 11.3 Å². The number of nitrogens with one attached hydrogen (secondary N) is 2. The molecule has 0 spiro atoms. The van der Waals surface area contributed by atoms with E-state index in [0.29, 0.717) is 0 Å². The molecule has 1 amide bonds. The number of benzene rings is 2. The van der Waals surface area contributed by atoms with Gasteiger partial charge in [0.25, 0.3) is 0 Å². The van der Waals surface area contributed by atoms with Crippen LogP contribution in [0.1, 0.15) is 37.7 Å². The zero-order valence-electron chi connectivity index (χ0n) is 15.7. The van der Waals surface area contributed by atoms with Crippen molar-refractivity contribution in [1.29, 1.82) is 0 Å². The number of thioether (sulfide) groups is 1.